The monoisotopic (exact) mass is 319 g/mol. The number of hydrogen-bond donors (Lipinski definition) is 0. The average molecular weight is 319 g/mol. The van der Waals surface area contributed by atoms with Crippen LogP contribution in [0.5, 0.6) is 0 Å². The maximum absolute atomic E-state index is 12.8. The van der Waals surface area contributed by atoms with Gasteiger partial charge in [0.05, 0.1) is 0 Å². The molecule has 4 fully saturated rings. The van der Waals surface area contributed by atoms with Gasteiger partial charge in [-0.2, -0.15) is 0 Å². The van der Waals surface area contributed by atoms with E-state index in [2.05, 4.69) is 21.7 Å². The van der Waals surface area contributed by atoms with Gasteiger partial charge in [-0.05, 0) is 57.5 Å². The van der Waals surface area contributed by atoms with Crippen molar-refractivity contribution in [2.24, 2.45) is 17.8 Å². The number of hydrogen-bond acceptors (Lipinski definition) is 3. The Bertz CT molecular complexity index is 432. The highest BCUT2D eigenvalue weighted by molar-refractivity contribution is 5.79. The minimum absolute atomic E-state index is 0.379. The number of nitrogens with zero attached hydrogens (tertiary/aromatic N) is 3. The molecule has 0 aromatic carbocycles. The molecule has 4 heteroatoms. The number of carbonyl (C=O) groups is 1. The lowest BCUT2D eigenvalue weighted by Gasteiger charge is -2.41. The largest absolute Gasteiger partial charge is 0.340 e. The summed E-state index contributed by atoms with van der Waals surface area (Å²) in [6.07, 6.45) is 9.32. The quantitative estimate of drug-likeness (QED) is 0.796. The van der Waals surface area contributed by atoms with Crippen LogP contribution in [0.2, 0.25) is 0 Å². The van der Waals surface area contributed by atoms with Gasteiger partial charge in [0, 0.05) is 44.7 Å². The molecular weight excluding hydrogens is 286 g/mol. The molecule has 23 heavy (non-hydrogen) atoms. The predicted molar refractivity (Wildman–Crippen MR) is 92.2 cm³/mol. The SMILES string of the molecule is CN1CCCC[C@H]1CN1CCN(C(=O)[C@H]2C[C@H]3CC[C@H]2C3)CC1. The van der Waals surface area contributed by atoms with Crippen LogP contribution in [0.25, 0.3) is 0 Å². The Labute approximate surface area is 141 Å². The first-order valence-corrected chi connectivity index (χ1v) is 9.92. The van der Waals surface area contributed by atoms with Gasteiger partial charge in [0.1, 0.15) is 0 Å². The summed E-state index contributed by atoms with van der Waals surface area (Å²) in [6.45, 7) is 6.54. The highest BCUT2D eigenvalue weighted by Crippen LogP contribution is 2.48. The van der Waals surface area contributed by atoms with Crippen molar-refractivity contribution in [3.63, 3.8) is 0 Å². The summed E-state index contributed by atoms with van der Waals surface area (Å²) in [5.74, 6) is 2.47. The van der Waals surface area contributed by atoms with Gasteiger partial charge in [-0.3, -0.25) is 9.69 Å². The number of amides is 1. The number of likely N-dealkylation sites (N-methyl/N-ethyl adjacent to an activating group) is 1. The first kappa shape index (κ1) is 15.9. The van der Waals surface area contributed by atoms with Gasteiger partial charge in [0.15, 0.2) is 0 Å². The lowest BCUT2D eigenvalue weighted by Crippen LogP contribution is -2.54. The Morgan fingerprint density at radius 1 is 0.957 bits per heavy atom. The van der Waals surface area contributed by atoms with E-state index in [1.807, 2.05) is 0 Å². The summed E-state index contributed by atoms with van der Waals surface area (Å²) < 4.78 is 0. The molecule has 2 aliphatic heterocycles. The molecule has 2 saturated carbocycles. The minimum atomic E-state index is 0.379. The topological polar surface area (TPSA) is 26.8 Å². The van der Waals surface area contributed by atoms with Crippen LogP contribution in [0, 0.1) is 17.8 Å². The Hall–Kier alpha value is -0.610. The molecule has 4 nitrogen and oxygen atoms in total. The summed E-state index contributed by atoms with van der Waals surface area (Å²) in [7, 11) is 2.28. The zero-order valence-electron chi connectivity index (χ0n) is 14.8. The molecule has 2 saturated heterocycles. The molecule has 2 heterocycles. The number of fused-ring (bicyclic) bond motifs is 2. The Morgan fingerprint density at radius 2 is 1.78 bits per heavy atom. The van der Waals surface area contributed by atoms with Gasteiger partial charge < -0.3 is 9.80 Å². The maximum Gasteiger partial charge on any atom is 0.226 e. The van der Waals surface area contributed by atoms with Crippen molar-refractivity contribution in [3.05, 3.63) is 0 Å². The standard InChI is InChI=1S/C19H33N3O/c1-20-7-3-2-4-17(20)14-21-8-10-22(11-9-21)19(23)18-13-15-5-6-16(18)12-15/h15-18H,2-14H2,1H3/t15-,16-,17-,18-/m0/s1. The molecule has 2 aliphatic carbocycles. The van der Waals surface area contributed by atoms with Crippen LogP contribution in [-0.2, 0) is 4.79 Å². The zero-order chi connectivity index (χ0) is 15.8. The molecule has 0 aromatic rings. The molecule has 0 radical (unpaired) electrons. The molecule has 2 bridgehead atoms. The zero-order valence-corrected chi connectivity index (χ0v) is 14.8. The number of rotatable bonds is 3. The van der Waals surface area contributed by atoms with E-state index < -0.39 is 0 Å². The van der Waals surface area contributed by atoms with E-state index in [4.69, 9.17) is 0 Å². The molecule has 4 atom stereocenters. The number of piperidine rings is 1. The Balaban J connectivity index is 1.25. The number of piperazine rings is 1. The molecule has 0 N–H and O–H groups in total. The molecular formula is C19H33N3O. The third kappa shape index (κ3) is 3.30. The average Bonchev–Trinajstić information content (AvgIpc) is 3.20. The normalized spacial score (nSPS) is 39.1. The number of likely N-dealkylation sites (tertiary alicyclic amines) is 1. The van der Waals surface area contributed by atoms with Crippen molar-refractivity contribution in [1.82, 2.24) is 14.7 Å². The fourth-order valence-corrected chi connectivity index (χ4v) is 5.61. The summed E-state index contributed by atoms with van der Waals surface area (Å²) in [4.78, 5) is 20.2. The lowest BCUT2D eigenvalue weighted by atomic mass is 9.87. The van der Waals surface area contributed by atoms with E-state index in [9.17, 15) is 4.79 Å². The van der Waals surface area contributed by atoms with Crippen molar-refractivity contribution in [1.29, 1.82) is 0 Å². The number of carbonyl (C=O) groups excluding carboxylic acids is 1. The molecule has 4 rings (SSSR count). The van der Waals surface area contributed by atoms with Crippen molar-refractivity contribution in [2.75, 3.05) is 46.3 Å². The van der Waals surface area contributed by atoms with Gasteiger partial charge in [-0.15, -0.1) is 0 Å². The molecule has 0 aromatic heterocycles. The van der Waals surface area contributed by atoms with Crippen molar-refractivity contribution in [3.8, 4) is 0 Å². The Kier molecular flexibility index (Phi) is 4.64. The highest BCUT2D eigenvalue weighted by atomic mass is 16.2. The fraction of sp³-hybridized carbons (Fsp3) is 0.947. The predicted octanol–water partition coefficient (Wildman–Crippen LogP) is 2.05. The van der Waals surface area contributed by atoms with Crippen LogP contribution in [0.1, 0.15) is 44.9 Å². The molecule has 0 unspecified atom stereocenters. The van der Waals surface area contributed by atoms with E-state index in [0.717, 1.165) is 44.1 Å². The summed E-state index contributed by atoms with van der Waals surface area (Å²) in [5.41, 5.74) is 0. The van der Waals surface area contributed by atoms with Crippen LogP contribution < -0.4 is 0 Å². The van der Waals surface area contributed by atoms with Crippen LogP contribution >= 0.6 is 0 Å². The van der Waals surface area contributed by atoms with Gasteiger partial charge in [-0.25, -0.2) is 0 Å². The summed E-state index contributed by atoms with van der Waals surface area (Å²) in [6, 6.07) is 0.733. The molecule has 1 amide bonds. The van der Waals surface area contributed by atoms with Crippen molar-refractivity contribution < 1.29 is 4.79 Å². The van der Waals surface area contributed by atoms with Crippen molar-refractivity contribution >= 4 is 5.91 Å². The maximum atomic E-state index is 12.8. The third-order valence-corrected chi connectivity index (χ3v) is 7.13. The van der Waals surface area contributed by atoms with Gasteiger partial charge in [0.2, 0.25) is 5.91 Å². The van der Waals surface area contributed by atoms with Crippen LogP contribution in [0.3, 0.4) is 0 Å². The summed E-state index contributed by atoms with van der Waals surface area (Å²) in [5, 5.41) is 0. The fourth-order valence-electron chi connectivity index (χ4n) is 5.61. The first-order chi connectivity index (χ1) is 11.2. The minimum Gasteiger partial charge on any atom is -0.340 e. The summed E-state index contributed by atoms with van der Waals surface area (Å²) >= 11 is 0. The van der Waals surface area contributed by atoms with Gasteiger partial charge >= 0.3 is 0 Å². The second-order valence-electron chi connectivity index (χ2n) is 8.54. The van der Waals surface area contributed by atoms with E-state index in [1.165, 1.54) is 58.0 Å². The second-order valence-corrected chi connectivity index (χ2v) is 8.54. The second kappa shape index (κ2) is 6.72. The van der Waals surface area contributed by atoms with E-state index in [1.54, 1.807) is 0 Å². The lowest BCUT2D eigenvalue weighted by molar-refractivity contribution is -0.139. The molecule has 130 valence electrons. The third-order valence-electron chi connectivity index (χ3n) is 7.13. The van der Waals surface area contributed by atoms with Crippen molar-refractivity contribution in [2.45, 2.75) is 51.0 Å². The van der Waals surface area contributed by atoms with E-state index in [-0.39, 0.29) is 0 Å². The van der Waals surface area contributed by atoms with Crippen LogP contribution in [0.15, 0.2) is 0 Å². The van der Waals surface area contributed by atoms with E-state index >= 15 is 0 Å². The van der Waals surface area contributed by atoms with Crippen LogP contribution in [0.4, 0.5) is 0 Å². The molecule has 4 aliphatic rings. The van der Waals surface area contributed by atoms with Gasteiger partial charge in [-0.1, -0.05) is 12.8 Å². The smallest absolute Gasteiger partial charge is 0.226 e. The first-order valence-electron chi connectivity index (χ1n) is 9.92. The van der Waals surface area contributed by atoms with E-state index in [0.29, 0.717) is 11.8 Å². The molecule has 0 spiro atoms. The highest BCUT2D eigenvalue weighted by Gasteiger charge is 2.44. The van der Waals surface area contributed by atoms with Gasteiger partial charge in [0.25, 0.3) is 0 Å². The Morgan fingerprint density at radius 3 is 2.43 bits per heavy atom. The van der Waals surface area contributed by atoms with Crippen LogP contribution in [-0.4, -0.2) is 73.0 Å².